The van der Waals surface area contributed by atoms with Crippen molar-refractivity contribution in [3.05, 3.63) is 0 Å². The number of hydrogen-bond donors (Lipinski definition) is 0. The molecule has 0 saturated carbocycles. The molecule has 0 aromatic heterocycles. The maximum absolute atomic E-state index is 11.4. The van der Waals surface area contributed by atoms with Crippen molar-refractivity contribution in [2.24, 2.45) is 5.92 Å². The van der Waals surface area contributed by atoms with Gasteiger partial charge in [-0.05, 0) is 20.0 Å². The highest BCUT2D eigenvalue weighted by Gasteiger charge is 2.31. The second-order valence-electron chi connectivity index (χ2n) is 4.67. The van der Waals surface area contributed by atoms with Gasteiger partial charge < -0.3 is 9.64 Å². The van der Waals surface area contributed by atoms with E-state index in [1.54, 1.807) is 7.11 Å². The molecule has 88 valence electrons. The van der Waals surface area contributed by atoms with Gasteiger partial charge in [0.05, 0.1) is 6.54 Å². The van der Waals surface area contributed by atoms with Crippen molar-refractivity contribution in [2.45, 2.75) is 13.0 Å². The first-order valence-electron chi connectivity index (χ1n) is 5.44. The number of methoxy groups -OCH3 is 1. The predicted octanol–water partition coefficient (Wildman–Crippen LogP) is 0.0838. The maximum Gasteiger partial charge on any atom is 0.172 e. The van der Waals surface area contributed by atoms with E-state index in [1.807, 2.05) is 0 Å². The normalized spacial score (nSPS) is 27.5. The SMILES string of the molecule is COCC(=O)CN1CC(C)C(N(C)C)C1. The second-order valence-corrected chi connectivity index (χ2v) is 4.67. The summed E-state index contributed by atoms with van der Waals surface area (Å²) in [6.07, 6.45) is 0. The lowest BCUT2D eigenvalue weighted by Gasteiger charge is -2.22. The molecule has 0 amide bonds. The van der Waals surface area contributed by atoms with Crippen LogP contribution < -0.4 is 0 Å². The van der Waals surface area contributed by atoms with Crippen LogP contribution in [0, 0.1) is 5.92 Å². The summed E-state index contributed by atoms with van der Waals surface area (Å²) < 4.78 is 4.83. The largest absolute Gasteiger partial charge is 0.377 e. The minimum atomic E-state index is 0.170. The van der Waals surface area contributed by atoms with Gasteiger partial charge >= 0.3 is 0 Å². The zero-order chi connectivity index (χ0) is 11.4. The highest BCUT2D eigenvalue weighted by Crippen LogP contribution is 2.19. The van der Waals surface area contributed by atoms with Crippen LogP contribution >= 0.6 is 0 Å². The number of ketones is 1. The standard InChI is InChI=1S/C11H22N2O2/c1-9-5-13(6-10(14)8-15-4)7-11(9)12(2)3/h9,11H,5-8H2,1-4H3. The molecule has 2 atom stereocenters. The van der Waals surface area contributed by atoms with Crippen molar-refractivity contribution in [1.82, 2.24) is 9.80 Å². The Morgan fingerprint density at radius 2 is 2.13 bits per heavy atom. The quantitative estimate of drug-likeness (QED) is 0.649. The molecule has 0 aromatic carbocycles. The Morgan fingerprint density at radius 3 is 2.60 bits per heavy atom. The van der Waals surface area contributed by atoms with Crippen LogP contribution in [-0.4, -0.2) is 69.1 Å². The fraction of sp³-hybridized carbons (Fsp3) is 0.909. The summed E-state index contributed by atoms with van der Waals surface area (Å²) in [6.45, 7) is 5.01. The van der Waals surface area contributed by atoms with Gasteiger partial charge in [0.1, 0.15) is 6.61 Å². The summed E-state index contributed by atoms with van der Waals surface area (Å²) in [5.41, 5.74) is 0. The van der Waals surface area contributed by atoms with Gasteiger partial charge in [-0.3, -0.25) is 9.69 Å². The number of likely N-dealkylation sites (tertiary alicyclic amines) is 1. The number of rotatable bonds is 5. The van der Waals surface area contributed by atoms with Crippen LogP contribution in [0.4, 0.5) is 0 Å². The zero-order valence-corrected chi connectivity index (χ0v) is 10.2. The summed E-state index contributed by atoms with van der Waals surface area (Å²) in [7, 11) is 5.76. The first-order valence-corrected chi connectivity index (χ1v) is 5.44. The van der Waals surface area contributed by atoms with Gasteiger partial charge in [0.2, 0.25) is 0 Å². The highest BCUT2D eigenvalue weighted by molar-refractivity contribution is 5.81. The van der Waals surface area contributed by atoms with E-state index in [2.05, 4.69) is 30.8 Å². The molecule has 1 saturated heterocycles. The maximum atomic E-state index is 11.4. The molecule has 4 heteroatoms. The molecule has 0 aliphatic carbocycles. The highest BCUT2D eigenvalue weighted by atomic mass is 16.5. The number of carbonyl (C=O) groups is 1. The summed E-state index contributed by atoms with van der Waals surface area (Å²) in [5.74, 6) is 0.805. The van der Waals surface area contributed by atoms with Gasteiger partial charge in [0.15, 0.2) is 5.78 Å². The Kier molecular flexibility index (Phi) is 4.70. The fourth-order valence-electron chi connectivity index (χ4n) is 2.31. The van der Waals surface area contributed by atoms with E-state index in [1.165, 1.54) is 0 Å². The van der Waals surface area contributed by atoms with Crippen LogP contribution in [0.2, 0.25) is 0 Å². The van der Waals surface area contributed by atoms with Crippen molar-refractivity contribution in [3.8, 4) is 0 Å². The van der Waals surface area contributed by atoms with Crippen molar-refractivity contribution in [2.75, 3.05) is 47.4 Å². The lowest BCUT2D eigenvalue weighted by Crippen LogP contribution is -2.35. The first-order chi connectivity index (χ1) is 7.04. The fourth-order valence-corrected chi connectivity index (χ4v) is 2.31. The number of hydrogen-bond acceptors (Lipinski definition) is 4. The predicted molar refractivity (Wildman–Crippen MR) is 60.0 cm³/mol. The first kappa shape index (κ1) is 12.6. The molecule has 0 spiro atoms. The van der Waals surface area contributed by atoms with E-state index in [0.717, 1.165) is 13.1 Å². The Labute approximate surface area is 92.2 Å². The molecule has 4 nitrogen and oxygen atoms in total. The molecular formula is C11H22N2O2. The Balaban J connectivity index is 2.38. The summed E-state index contributed by atoms with van der Waals surface area (Å²) in [5, 5.41) is 0. The number of carbonyl (C=O) groups excluding carboxylic acids is 1. The molecular weight excluding hydrogens is 192 g/mol. The van der Waals surface area contributed by atoms with Crippen LogP contribution in [0.3, 0.4) is 0 Å². The third-order valence-electron chi connectivity index (χ3n) is 3.02. The van der Waals surface area contributed by atoms with Gasteiger partial charge in [0, 0.05) is 26.2 Å². The Hall–Kier alpha value is -0.450. The van der Waals surface area contributed by atoms with E-state index >= 15 is 0 Å². The lowest BCUT2D eigenvalue weighted by atomic mass is 10.1. The monoisotopic (exact) mass is 214 g/mol. The van der Waals surface area contributed by atoms with Crippen molar-refractivity contribution in [1.29, 1.82) is 0 Å². The Morgan fingerprint density at radius 1 is 1.47 bits per heavy atom. The third kappa shape index (κ3) is 3.55. The summed E-state index contributed by atoms with van der Waals surface area (Å²) in [4.78, 5) is 15.9. The minimum Gasteiger partial charge on any atom is -0.377 e. The number of likely N-dealkylation sites (N-methyl/N-ethyl adjacent to an activating group) is 1. The molecule has 0 aromatic rings. The van der Waals surface area contributed by atoms with E-state index in [-0.39, 0.29) is 12.4 Å². The lowest BCUT2D eigenvalue weighted by molar-refractivity contribution is -0.123. The van der Waals surface area contributed by atoms with E-state index in [0.29, 0.717) is 18.5 Å². The molecule has 0 bridgehead atoms. The van der Waals surface area contributed by atoms with Crippen LogP contribution in [-0.2, 0) is 9.53 Å². The third-order valence-corrected chi connectivity index (χ3v) is 3.02. The number of nitrogens with zero attached hydrogens (tertiary/aromatic N) is 2. The molecule has 1 fully saturated rings. The van der Waals surface area contributed by atoms with E-state index in [4.69, 9.17) is 4.74 Å². The van der Waals surface area contributed by atoms with Crippen molar-refractivity contribution >= 4 is 5.78 Å². The molecule has 0 N–H and O–H groups in total. The molecule has 1 aliphatic heterocycles. The van der Waals surface area contributed by atoms with Gasteiger partial charge in [-0.25, -0.2) is 0 Å². The summed E-state index contributed by atoms with van der Waals surface area (Å²) >= 11 is 0. The van der Waals surface area contributed by atoms with Gasteiger partial charge in [0.25, 0.3) is 0 Å². The van der Waals surface area contributed by atoms with E-state index in [9.17, 15) is 4.79 Å². The average Bonchev–Trinajstić information content (AvgIpc) is 2.47. The number of Topliss-reactive ketones (excluding diaryl/α,β-unsaturated/α-hetero) is 1. The molecule has 1 aliphatic rings. The van der Waals surface area contributed by atoms with Crippen molar-refractivity contribution in [3.63, 3.8) is 0 Å². The number of ether oxygens (including phenoxy) is 1. The molecule has 1 rings (SSSR count). The molecule has 1 heterocycles. The smallest absolute Gasteiger partial charge is 0.172 e. The zero-order valence-electron chi connectivity index (χ0n) is 10.2. The second kappa shape index (κ2) is 5.58. The van der Waals surface area contributed by atoms with Crippen LogP contribution in [0.25, 0.3) is 0 Å². The molecule has 0 radical (unpaired) electrons. The van der Waals surface area contributed by atoms with Crippen LogP contribution in [0.15, 0.2) is 0 Å². The van der Waals surface area contributed by atoms with Gasteiger partial charge in [-0.1, -0.05) is 6.92 Å². The van der Waals surface area contributed by atoms with Crippen LogP contribution in [0.5, 0.6) is 0 Å². The van der Waals surface area contributed by atoms with E-state index < -0.39 is 0 Å². The average molecular weight is 214 g/mol. The summed E-state index contributed by atoms with van der Waals surface area (Å²) in [6, 6.07) is 0.570. The molecule has 2 unspecified atom stereocenters. The van der Waals surface area contributed by atoms with Crippen molar-refractivity contribution < 1.29 is 9.53 Å². The minimum absolute atomic E-state index is 0.170. The Bertz CT molecular complexity index is 219. The van der Waals surface area contributed by atoms with Crippen LogP contribution in [0.1, 0.15) is 6.92 Å². The topological polar surface area (TPSA) is 32.8 Å². The molecule has 15 heavy (non-hydrogen) atoms. The van der Waals surface area contributed by atoms with Gasteiger partial charge in [-0.2, -0.15) is 0 Å². The van der Waals surface area contributed by atoms with Gasteiger partial charge in [-0.15, -0.1) is 0 Å².